The van der Waals surface area contributed by atoms with E-state index in [-0.39, 0.29) is 12.0 Å². The summed E-state index contributed by atoms with van der Waals surface area (Å²) in [6, 6.07) is 15.5. The number of benzene rings is 1. The summed E-state index contributed by atoms with van der Waals surface area (Å²) in [4.78, 5) is 20.8. The number of nitrogens with zero attached hydrogens (tertiary/aromatic N) is 4. The second kappa shape index (κ2) is 14.3. The fourth-order valence-corrected chi connectivity index (χ4v) is 3.26. The van der Waals surface area contributed by atoms with E-state index in [1.165, 1.54) is 0 Å². The molecule has 35 heavy (non-hydrogen) atoms. The van der Waals surface area contributed by atoms with Crippen molar-refractivity contribution in [2.45, 2.75) is 53.0 Å². The molecule has 0 unspecified atom stereocenters. The molecular formula is C28H33N5O2. The van der Waals surface area contributed by atoms with E-state index in [2.05, 4.69) is 21.4 Å². The molecule has 0 aliphatic heterocycles. The Morgan fingerprint density at radius 1 is 1.14 bits per heavy atom. The Bertz CT molecular complexity index is 1090. The summed E-state index contributed by atoms with van der Waals surface area (Å²) in [6.07, 6.45) is 7.34. The van der Waals surface area contributed by atoms with Crippen molar-refractivity contribution in [3.8, 4) is 12.1 Å². The van der Waals surface area contributed by atoms with E-state index in [4.69, 9.17) is 4.74 Å². The van der Waals surface area contributed by atoms with Gasteiger partial charge in [-0.25, -0.2) is 4.99 Å². The Morgan fingerprint density at radius 3 is 2.51 bits per heavy atom. The molecule has 7 heteroatoms. The first-order valence-corrected chi connectivity index (χ1v) is 11.8. The highest BCUT2D eigenvalue weighted by molar-refractivity contribution is 5.91. The zero-order valence-corrected chi connectivity index (χ0v) is 20.9. The molecule has 1 aromatic carbocycles. The maximum atomic E-state index is 11.9. The van der Waals surface area contributed by atoms with Gasteiger partial charge in [0.2, 0.25) is 0 Å². The van der Waals surface area contributed by atoms with Gasteiger partial charge in [-0.15, -0.1) is 0 Å². The molecule has 0 atom stereocenters. The summed E-state index contributed by atoms with van der Waals surface area (Å²) in [5.41, 5.74) is 3.48. The third-order valence-electron chi connectivity index (χ3n) is 4.86. The molecule has 0 fully saturated rings. The van der Waals surface area contributed by atoms with E-state index in [1.54, 1.807) is 12.4 Å². The minimum atomic E-state index is -0.982. The summed E-state index contributed by atoms with van der Waals surface area (Å²) in [5.74, 6) is -0.515. The second-order valence-electron chi connectivity index (χ2n) is 8.87. The predicted molar refractivity (Wildman–Crippen MR) is 137 cm³/mol. The third-order valence-corrected chi connectivity index (χ3v) is 4.86. The van der Waals surface area contributed by atoms with Crippen LogP contribution >= 0.6 is 0 Å². The number of aliphatic imine (C=N–C) groups is 1. The first-order valence-electron chi connectivity index (χ1n) is 11.8. The van der Waals surface area contributed by atoms with E-state index >= 15 is 0 Å². The number of aromatic nitrogens is 1. The van der Waals surface area contributed by atoms with Crippen LogP contribution in [-0.4, -0.2) is 29.4 Å². The molecule has 0 aliphatic carbocycles. The van der Waals surface area contributed by atoms with Crippen LogP contribution in [0, 0.1) is 34.5 Å². The van der Waals surface area contributed by atoms with Gasteiger partial charge in [-0.05, 0) is 61.9 Å². The van der Waals surface area contributed by atoms with Crippen molar-refractivity contribution < 1.29 is 9.53 Å². The van der Waals surface area contributed by atoms with Gasteiger partial charge in [0.15, 0.2) is 5.92 Å². The van der Waals surface area contributed by atoms with Gasteiger partial charge in [-0.3, -0.25) is 9.78 Å². The monoisotopic (exact) mass is 471 g/mol. The summed E-state index contributed by atoms with van der Waals surface area (Å²) in [7, 11) is 0. The Labute approximate surface area is 208 Å². The lowest BCUT2D eigenvalue weighted by Crippen LogP contribution is -2.34. The maximum absolute atomic E-state index is 11.9. The minimum absolute atomic E-state index is 0.0270. The van der Waals surface area contributed by atoms with E-state index < -0.39 is 5.92 Å². The Hall–Kier alpha value is -3.97. The van der Waals surface area contributed by atoms with Crippen molar-refractivity contribution in [3.05, 3.63) is 66.0 Å². The molecule has 0 saturated carbocycles. The Morgan fingerprint density at radius 2 is 1.89 bits per heavy atom. The summed E-state index contributed by atoms with van der Waals surface area (Å²) in [6.45, 7) is 8.32. The number of carbonyl (C=O) groups excluding carboxylic acids is 1. The smallest absolute Gasteiger partial charge is 0.305 e. The highest BCUT2D eigenvalue weighted by atomic mass is 16.5. The maximum Gasteiger partial charge on any atom is 0.305 e. The fraction of sp³-hybridized carbons (Fsp3) is 0.393. The average Bonchev–Trinajstić information content (AvgIpc) is 2.84. The molecule has 2 rings (SSSR count). The number of rotatable bonds is 11. The largest absolute Gasteiger partial charge is 0.465 e. The number of amidine groups is 1. The van der Waals surface area contributed by atoms with Crippen LogP contribution < -0.4 is 5.32 Å². The lowest BCUT2D eigenvalue weighted by atomic mass is 9.97. The molecule has 1 N–H and O–H groups in total. The third kappa shape index (κ3) is 9.43. The number of carbonyl (C=O) groups is 1. The first kappa shape index (κ1) is 27.3. The molecule has 0 radical (unpaired) electrons. The van der Waals surface area contributed by atoms with Gasteiger partial charge < -0.3 is 10.1 Å². The molecule has 0 bridgehead atoms. The molecule has 1 aromatic heterocycles. The number of nitrogens with one attached hydrogen (secondary N) is 1. The predicted octanol–water partition coefficient (Wildman–Crippen LogP) is 5.57. The van der Waals surface area contributed by atoms with Crippen molar-refractivity contribution in [1.82, 2.24) is 10.3 Å². The van der Waals surface area contributed by atoms with Gasteiger partial charge in [0.25, 0.3) is 0 Å². The first-order chi connectivity index (χ1) is 16.8. The van der Waals surface area contributed by atoms with Crippen molar-refractivity contribution in [3.63, 3.8) is 0 Å². The number of hydrogen-bond acceptors (Lipinski definition) is 6. The molecule has 0 saturated heterocycles. The number of hydrogen-bond donors (Lipinski definition) is 1. The highest BCUT2D eigenvalue weighted by Crippen LogP contribution is 2.27. The minimum Gasteiger partial charge on any atom is -0.465 e. The van der Waals surface area contributed by atoms with Crippen molar-refractivity contribution in [2.24, 2.45) is 16.8 Å². The van der Waals surface area contributed by atoms with Gasteiger partial charge in [0, 0.05) is 30.4 Å². The van der Waals surface area contributed by atoms with Crippen LogP contribution in [0.2, 0.25) is 0 Å². The van der Waals surface area contributed by atoms with Crippen LogP contribution in [0.5, 0.6) is 0 Å². The number of pyridine rings is 1. The lowest BCUT2D eigenvalue weighted by molar-refractivity contribution is -0.144. The van der Waals surface area contributed by atoms with Crippen molar-refractivity contribution in [1.29, 1.82) is 10.5 Å². The van der Waals surface area contributed by atoms with Gasteiger partial charge in [0.1, 0.15) is 5.84 Å². The Balaban J connectivity index is 2.31. The average molecular weight is 472 g/mol. The van der Waals surface area contributed by atoms with E-state index in [0.717, 1.165) is 16.7 Å². The van der Waals surface area contributed by atoms with E-state index in [9.17, 15) is 15.3 Å². The Kier molecular flexibility index (Phi) is 11.2. The quantitative estimate of drug-likeness (QED) is 0.198. The summed E-state index contributed by atoms with van der Waals surface area (Å²) < 4.78 is 5.26. The number of ether oxygens (including phenoxy) is 1. The lowest BCUT2D eigenvalue weighted by Gasteiger charge is -2.14. The topological polar surface area (TPSA) is 111 Å². The van der Waals surface area contributed by atoms with Crippen LogP contribution in [-0.2, 0) is 9.53 Å². The van der Waals surface area contributed by atoms with Gasteiger partial charge in [-0.2, -0.15) is 10.5 Å². The van der Waals surface area contributed by atoms with Crippen LogP contribution in [0.4, 0.5) is 5.69 Å². The molecule has 7 nitrogen and oxygen atoms in total. The van der Waals surface area contributed by atoms with Crippen LogP contribution in [0.1, 0.15) is 58.1 Å². The number of nitriles is 2. The summed E-state index contributed by atoms with van der Waals surface area (Å²) in [5, 5.41) is 21.8. The van der Waals surface area contributed by atoms with E-state index in [1.807, 2.05) is 76.2 Å². The van der Waals surface area contributed by atoms with Crippen molar-refractivity contribution >= 4 is 23.1 Å². The standard InChI is InChI=1S/C28H33N5O2/c1-20(2)19-35-27(34)13-6-5-12-26(23-10-8-14-31-18-23)22-9-7-11-25(15-22)33-28(32-21(3)4)24(16-29)17-30/h7-12,14-15,18,20-21,24H,5-6,13,19H2,1-4H3,(H,32,33)/b26-12+. The molecule has 2 aromatic rings. The zero-order valence-electron chi connectivity index (χ0n) is 20.9. The fourth-order valence-electron chi connectivity index (χ4n) is 3.26. The zero-order chi connectivity index (χ0) is 25.6. The molecule has 1 heterocycles. The van der Waals surface area contributed by atoms with Crippen LogP contribution in [0.15, 0.2) is 59.9 Å². The van der Waals surface area contributed by atoms with Crippen molar-refractivity contribution in [2.75, 3.05) is 6.61 Å². The molecule has 182 valence electrons. The number of unbranched alkanes of at least 4 members (excludes halogenated alkanes) is 1. The molecule has 0 spiro atoms. The van der Waals surface area contributed by atoms with Crippen LogP contribution in [0.3, 0.4) is 0 Å². The highest BCUT2D eigenvalue weighted by Gasteiger charge is 2.16. The molecule has 0 amide bonds. The molecular weight excluding hydrogens is 438 g/mol. The SMILES string of the molecule is CC(C)COC(=O)CCC/C=C(/c1cccnc1)c1cccc(N=C(NC(C)C)C(C#N)C#N)c1. The molecule has 0 aliphatic rings. The number of esters is 1. The summed E-state index contributed by atoms with van der Waals surface area (Å²) >= 11 is 0. The second-order valence-corrected chi connectivity index (χ2v) is 8.87. The van der Waals surface area contributed by atoms with Gasteiger partial charge >= 0.3 is 5.97 Å². The normalized spacial score (nSPS) is 11.9. The van der Waals surface area contributed by atoms with Gasteiger partial charge in [-0.1, -0.05) is 38.1 Å². The van der Waals surface area contributed by atoms with E-state index in [0.29, 0.717) is 43.3 Å². The number of allylic oxidation sites excluding steroid dienone is 1. The van der Waals surface area contributed by atoms with Crippen LogP contribution in [0.25, 0.3) is 5.57 Å². The van der Waals surface area contributed by atoms with Gasteiger partial charge in [0.05, 0.1) is 24.4 Å².